The van der Waals surface area contributed by atoms with Crippen LogP contribution in [0, 0.1) is 0 Å². The number of hydrogen-bond acceptors (Lipinski definition) is 6. The normalized spacial score (nSPS) is 14.7. The van der Waals surface area contributed by atoms with Crippen molar-refractivity contribution in [2.45, 2.75) is 43.9 Å². The molecule has 0 aromatic heterocycles. The predicted molar refractivity (Wildman–Crippen MR) is 121 cm³/mol. The van der Waals surface area contributed by atoms with Gasteiger partial charge >= 0.3 is 0 Å². The second kappa shape index (κ2) is 9.30. The summed E-state index contributed by atoms with van der Waals surface area (Å²) >= 11 is 0. The first-order valence-electron chi connectivity index (χ1n) is 10.3. The quantitative estimate of drug-likeness (QED) is 0.480. The summed E-state index contributed by atoms with van der Waals surface area (Å²) in [6.07, 6.45) is 0.176. The Kier molecular flexibility index (Phi) is 6.90. The summed E-state index contributed by atoms with van der Waals surface area (Å²) < 4.78 is 39.2. The molecule has 1 aliphatic rings. The standard InChI is InChI=1S/C23H28N2O6S/c1-23(2,3)17-7-5-6-8-19(17)31-14-13-24-32(28,29)16-9-10-20(30-4)18(15-16)25-21(26)11-12-22(25)27/h5-10,15,24H,11-14H2,1-4H3. The molecule has 32 heavy (non-hydrogen) atoms. The van der Waals surface area contributed by atoms with Crippen LogP contribution in [-0.4, -0.2) is 40.5 Å². The maximum absolute atomic E-state index is 12.8. The molecule has 0 aliphatic carbocycles. The Morgan fingerprint density at radius 1 is 1.00 bits per heavy atom. The first-order valence-corrected chi connectivity index (χ1v) is 11.8. The minimum atomic E-state index is -3.90. The highest BCUT2D eigenvalue weighted by atomic mass is 32.2. The van der Waals surface area contributed by atoms with Crippen LogP contribution < -0.4 is 19.1 Å². The largest absolute Gasteiger partial charge is 0.495 e. The van der Waals surface area contributed by atoms with Gasteiger partial charge in [0.25, 0.3) is 0 Å². The molecule has 1 aliphatic heterocycles. The molecular formula is C23H28N2O6S. The molecule has 172 valence electrons. The fourth-order valence-electron chi connectivity index (χ4n) is 3.49. The van der Waals surface area contributed by atoms with Crippen molar-refractivity contribution in [1.82, 2.24) is 4.72 Å². The Morgan fingerprint density at radius 2 is 1.66 bits per heavy atom. The van der Waals surface area contributed by atoms with Crippen molar-refractivity contribution in [3.8, 4) is 11.5 Å². The molecule has 2 aromatic carbocycles. The van der Waals surface area contributed by atoms with E-state index in [0.717, 1.165) is 10.5 Å². The van der Waals surface area contributed by atoms with Crippen molar-refractivity contribution in [1.29, 1.82) is 0 Å². The van der Waals surface area contributed by atoms with Crippen LogP contribution in [0.3, 0.4) is 0 Å². The number of sulfonamides is 1. The number of anilines is 1. The average molecular weight is 461 g/mol. The highest BCUT2D eigenvalue weighted by molar-refractivity contribution is 7.89. The van der Waals surface area contributed by atoms with E-state index in [0.29, 0.717) is 5.75 Å². The van der Waals surface area contributed by atoms with E-state index in [4.69, 9.17) is 9.47 Å². The van der Waals surface area contributed by atoms with Gasteiger partial charge < -0.3 is 9.47 Å². The molecule has 0 radical (unpaired) electrons. The van der Waals surface area contributed by atoms with E-state index in [2.05, 4.69) is 25.5 Å². The number of imide groups is 1. The Bertz CT molecular complexity index is 1110. The summed E-state index contributed by atoms with van der Waals surface area (Å²) in [6, 6.07) is 11.7. The summed E-state index contributed by atoms with van der Waals surface area (Å²) in [5, 5.41) is 0. The lowest BCUT2D eigenvalue weighted by atomic mass is 9.86. The van der Waals surface area contributed by atoms with Crippen molar-refractivity contribution in [2.75, 3.05) is 25.2 Å². The maximum atomic E-state index is 12.8. The van der Waals surface area contributed by atoms with Gasteiger partial charge in [-0.25, -0.2) is 18.0 Å². The Hall–Kier alpha value is -2.91. The molecule has 1 saturated heterocycles. The van der Waals surface area contributed by atoms with Crippen LogP contribution in [0.5, 0.6) is 11.5 Å². The second-order valence-corrected chi connectivity index (χ2v) is 10.2. The number of nitrogens with zero attached hydrogens (tertiary/aromatic N) is 1. The van der Waals surface area contributed by atoms with Crippen LogP contribution in [0.1, 0.15) is 39.2 Å². The van der Waals surface area contributed by atoms with Crippen LogP contribution in [0.2, 0.25) is 0 Å². The van der Waals surface area contributed by atoms with Crippen LogP contribution in [0.4, 0.5) is 5.69 Å². The van der Waals surface area contributed by atoms with Crippen molar-refractivity contribution < 1.29 is 27.5 Å². The van der Waals surface area contributed by atoms with Gasteiger partial charge in [-0.05, 0) is 35.2 Å². The maximum Gasteiger partial charge on any atom is 0.240 e. The summed E-state index contributed by atoms with van der Waals surface area (Å²) in [5.41, 5.74) is 1.04. The van der Waals surface area contributed by atoms with E-state index in [1.807, 2.05) is 24.3 Å². The third kappa shape index (κ3) is 5.11. The lowest BCUT2D eigenvalue weighted by Crippen LogP contribution is -2.31. The molecule has 2 aromatic rings. The van der Waals surface area contributed by atoms with E-state index in [1.54, 1.807) is 0 Å². The summed E-state index contributed by atoms with van der Waals surface area (Å²) in [4.78, 5) is 25.2. The van der Waals surface area contributed by atoms with Crippen LogP contribution in [-0.2, 0) is 25.0 Å². The molecule has 9 heteroatoms. The number of methoxy groups -OCH3 is 1. The zero-order valence-electron chi connectivity index (χ0n) is 18.7. The smallest absolute Gasteiger partial charge is 0.240 e. The molecule has 3 rings (SSSR count). The topological polar surface area (TPSA) is 102 Å². The molecular weight excluding hydrogens is 432 g/mol. The van der Waals surface area contributed by atoms with E-state index < -0.39 is 10.0 Å². The van der Waals surface area contributed by atoms with E-state index >= 15 is 0 Å². The summed E-state index contributed by atoms with van der Waals surface area (Å²) in [7, 11) is -2.51. The van der Waals surface area contributed by atoms with Crippen LogP contribution in [0.15, 0.2) is 47.4 Å². The molecule has 0 saturated carbocycles. The lowest BCUT2D eigenvalue weighted by molar-refractivity contribution is -0.121. The SMILES string of the molecule is COc1ccc(S(=O)(=O)NCCOc2ccccc2C(C)(C)C)cc1N1C(=O)CCC1=O. The second-order valence-electron chi connectivity index (χ2n) is 8.45. The van der Waals surface area contributed by atoms with E-state index in [1.165, 1.54) is 25.3 Å². The minimum absolute atomic E-state index is 0.0454. The zero-order valence-corrected chi connectivity index (χ0v) is 19.5. The van der Waals surface area contributed by atoms with Gasteiger partial charge in [0.15, 0.2) is 0 Å². The third-order valence-electron chi connectivity index (χ3n) is 5.10. The lowest BCUT2D eigenvalue weighted by Gasteiger charge is -2.22. The molecule has 1 heterocycles. The highest BCUT2D eigenvalue weighted by Crippen LogP contribution is 2.34. The molecule has 2 amide bonds. The molecule has 0 unspecified atom stereocenters. The van der Waals surface area contributed by atoms with Gasteiger partial charge in [0.2, 0.25) is 21.8 Å². The molecule has 8 nitrogen and oxygen atoms in total. The van der Waals surface area contributed by atoms with Gasteiger partial charge in [-0.3, -0.25) is 9.59 Å². The van der Waals surface area contributed by atoms with Gasteiger partial charge in [0.1, 0.15) is 18.1 Å². The minimum Gasteiger partial charge on any atom is -0.495 e. The average Bonchev–Trinajstić information content (AvgIpc) is 3.08. The Morgan fingerprint density at radius 3 is 2.28 bits per heavy atom. The van der Waals surface area contributed by atoms with Gasteiger partial charge in [0, 0.05) is 19.4 Å². The first kappa shape index (κ1) is 23.7. The van der Waals surface area contributed by atoms with Gasteiger partial charge in [-0.15, -0.1) is 0 Å². The first-order chi connectivity index (χ1) is 15.0. The zero-order chi connectivity index (χ0) is 23.5. The number of ether oxygens (including phenoxy) is 2. The number of carbonyl (C=O) groups excluding carboxylic acids is 2. The van der Waals surface area contributed by atoms with E-state index in [-0.39, 0.29) is 59.6 Å². The number of rotatable bonds is 8. The van der Waals surface area contributed by atoms with Gasteiger partial charge in [0.05, 0.1) is 17.7 Å². The number of carbonyl (C=O) groups is 2. The van der Waals surface area contributed by atoms with Crippen molar-refractivity contribution in [2.24, 2.45) is 0 Å². The molecule has 1 fully saturated rings. The van der Waals surface area contributed by atoms with Crippen LogP contribution >= 0.6 is 0 Å². The molecule has 1 N–H and O–H groups in total. The van der Waals surface area contributed by atoms with Gasteiger partial charge in [-0.2, -0.15) is 0 Å². The molecule has 0 atom stereocenters. The third-order valence-corrected chi connectivity index (χ3v) is 6.56. The highest BCUT2D eigenvalue weighted by Gasteiger charge is 2.33. The van der Waals surface area contributed by atoms with E-state index in [9.17, 15) is 18.0 Å². The summed E-state index contributed by atoms with van der Waals surface area (Å²) in [5.74, 6) is 0.176. The fourth-order valence-corrected chi connectivity index (χ4v) is 4.52. The monoisotopic (exact) mass is 460 g/mol. The molecule has 0 spiro atoms. The number of amides is 2. The Labute approximate surface area is 188 Å². The Balaban J connectivity index is 1.72. The van der Waals surface area contributed by atoms with Crippen molar-refractivity contribution >= 4 is 27.5 Å². The number of nitrogens with one attached hydrogen (secondary N) is 1. The van der Waals surface area contributed by atoms with Crippen molar-refractivity contribution in [3.05, 3.63) is 48.0 Å². The number of para-hydroxylation sites is 1. The predicted octanol–water partition coefficient (Wildman–Crippen LogP) is 3.00. The fraction of sp³-hybridized carbons (Fsp3) is 0.391. The van der Waals surface area contributed by atoms with Crippen LogP contribution in [0.25, 0.3) is 0 Å². The summed E-state index contributed by atoms with van der Waals surface area (Å²) in [6.45, 7) is 6.42. The van der Waals surface area contributed by atoms with Crippen molar-refractivity contribution in [3.63, 3.8) is 0 Å². The number of hydrogen-bond donors (Lipinski definition) is 1. The molecule has 0 bridgehead atoms. The number of benzene rings is 2. The van der Waals surface area contributed by atoms with Gasteiger partial charge in [-0.1, -0.05) is 39.0 Å².